The lowest BCUT2D eigenvalue weighted by Crippen LogP contribution is -1.84. The van der Waals surface area contributed by atoms with Crippen LogP contribution in [0, 0.1) is 5.82 Å². The molecular weight excluding hydrogens is 265 g/mol. The van der Waals surface area contributed by atoms with E-state index in [1.165, 1.54) is 12.1 Å². The molecule has 3 aromatic rings. The summed E-state index contributed by atoms with van der Waals surface area (Å²) in [6, 6.07) is 9.86. The molecule has 3 nitrogen and oxygen atoms in total. The minimum Gasteiger partial charge on any atom is -0.328 e. The maximum atomic E-state index is 13.0. The van der Waals surface area contributed by atoms with E-state index < -0.39 is 0 Å². The topological polar surface area (TPSA) is 41.6 Å². The van der Waals surface area contributed by atoms with Crippen molar-refractivity contribution in [1.82, 2.24) is 15.0 Å². The summed E-state index contributed by atoms with van der Waals surface area (Å²) in [7, 11) is 0. The molecule has 94 valence electrons. The van der Waals surface area contributed by atoms with Gasteiger partial charge in [-0.2, -0.15) is 0 Å². The lowest BCUT2D eigenvalue weighted by molar-refractivity contribution is 0.628. The molecule has 1 N–H and O–H groups in total. The van der Waals surface area contributed by atoms with Crippen molar-refractivity contribution in [3.63, 3.8) is 0 Å². The van der Waals surface area contributed by atoms with Crippen molar-refractivity contribution in [1.29, 1.82) is 0 Å². The smallest absolute Gasteiger partial charge is 0.201 e. The highest BCUT2D eigenvalue weighted by molar-refractivity contribution is 6.28. The minimum absolute atomic E-state index is 0.282. The van der Waals surface area contributed by atoms with Crippen LogP contribution in [0.2, 0.25) is 5.28 Å². The van der Waals surface area contributed by atoms with Crippen LogP contribution in [0.25, 0.3) is 22.5 Å². The first kappa shape index (κ1) is 11.9. The van der Waals surface area contributed by atoms with E-state index >= 15 is 0 Å². The molecule has 0 aliphatic heterocycles. The van der Waals surface area contributed by atoms with Crippen molar-refractivity contribution >= 4 is 11.6 Å². The normalized spacial score (nSPS) is 10.6. The van der Waals surface area contributed by atoms with Gasteiger partial charge in [0.25, 0.3) is 0 Å². The Labute approximate surface area is 114 Å². The predicted molar refractivity (Wildman–Crippen MR) is 72.2 cm³/mol. The summed E-state index contributed by atoms with van der Waals surface area (Å²) >= 11 is 5.94. The Balaban J connectivity index is 2.15. The number of hydrogen-bond acceptors (Lipinski definition) is 2. The summed E-state index contributed by atoms with van der Waals surface area (Å²) < 4.78 is 13.0. The van der Waals surface area contributed by atoms with Gasteiger partial charge in [0.2, 0.25) is 5.28 Å². The molecule has 0 unspecified atom stereocenters. The fourth-order valence-electron chi connectivity index (χ4n) is 1.89. The Morgan fingerprint density at radius 2 is 1.63 bits per heavy atom. The van der Waals surface area contributed by atoms with Crippen LogP contribution in [-0.4, -0.2) is 15.0 Å². The van der Waals surface area contributed by atoms with E-state index in [2.05, 4.69) is 15.0 Å². The van der Waals surface area contributed by atoms with Crippen molar-refractivity contribution in [2.45, 2.75) is 0 Å². The third-order valence-electron chi connectivity index (χ3n) is 2.76. The van der Waals surface area contributed by atoms with Crippen LogP contribution in [0.1, 0.15) is 0 Å². The highest BCUT2D eigenvalue weighted by atomic mass is 35.5. The number of rotatable bonds is 2. The van der Waals surface area contributed by atoms with E-state index in [1.54, 1.807) is 24.5 Å². The van der Waals surface area contributed by atoms with Crippen LogP contribution in [0.4, 0.5) is 4.39 Å². The second-order valence-corrected chi connectivity index (χ2v) is 4.35. The van der Waals surface area contributed by atoms with Gasteiger partial charge in [0.05, 0.1) is 11.4 Å². The lowest BCUT2D eigenvalue weighted by atomic mass is 10.1. The molecule has 0 saturated heterocycles. The molecule has 19 heavy (non-hydrogen) atoms. The van der Waals surface area contributed by atoms with E-state index in [0.717, 1.165) is 16.8 Å². The Morgan fingerprint density at radius 1 is 0.947 bits per heavy atom. The molecule has 2 heterocycles. The molecule has 0 saturated carbocycles. The Hall–Kier alpha value is -2.20. The molecule has 0 radical (unpaired) electrons. The van der Waals surface area contributed by atoms with E-state index in [1.807, 2.05) is 12.1 Å². The zero-order chi connectivity index (χ0) is 13.2. The molecule has 3 rings (SSSR count). The summed E-state index contributed by atoms with van der Waals surface area (Å²) in [6.45, 7) is 0. The molecule has 2 aromatic heterocycles. The van der Waals surface area contributed by atoms with Gasteiger partial charge in [0.1, 0.15) is 5.82 Å². The van der Waals surface area contributed by atoms with Gasteiger partial charge in [0, 0.05) is 23.5 Å². The number of nitrogens with one attached hydrogen (secondary N) is 1. The second-order valence-electron chi connectivity index (χ2n) is 3.99. The SMILES string of the molecule is Fc1ccc(-c2nc(Cl)[nH]c2-c2ccncc2)cc1. The highest BCUT2D eigenvalue weighted by Crippen LogP contribution is 2.30. The summed E-state index contributed by atoms with van der Waals surface area (Å²) in [6.07, 6.45) is 3.39. The van der Waals surface area contributed by atoms with E-state index in [9.17, 15) is 4.39 Å². The Kier molecular flexibility index (Phi) is 3.01. The number of aromatic amines is 1. The fraction of sp³-hybridized carbons (Fsp3) is 0. The number of aromatic nitrogens is 3. The van der Waals surface area contributed by atoms with Crippen LogP contribution in [-0.2, 0) is 0 Å². The molecule has 0 amide bonds. The van der Waals surface area contributed by atoms with Crippen LogP contribution in [0.3, 0.4) is 0 Å². The van der Waals surface area contributed by atoms with Gasteiger partial charge in [-0.15, -0.1) is 0 Å². The largest absolute Gasteiger partial charge is 0.328 e. The van der Waals surface area contributed by atoms with E-state index in [-0.39, 0.29) is 5.82 Å². The standard InChI is InChI=1S/C14H9ClFN3/c15-14-18-12(9-1-3-11(16)4-2-9)13(19-14)10-5-7-17-8-6-10/h1-8H,(H,18,19). The number of hydrogen-bond donors (Lipinski definition) is 1. The van der Waals surface area contributed by atoms with Gasteiger partial charge in [-0.25, -0.2) is 9.37 Å². The van der Waals surface area contributed by atoms with Gasteiger partial charge in [-0.05, 0) is 48.0 Å². The van der Waals surface area contributed by atoms with Gasteiger partial charge in [-0.3, -0.25) is 4.98 Å². The summed E-state index contributed by atoms with van der Waals surface area (Å²) in [4.78, 5) is 11.2. The molecule has 0 aliphatic rings. The summed E-state index contributed by atoms with van der Waals surface area (Å²) in [5.41, 5.74) is 3.21. The Bertz CT molecular complexity index is 692. The predicted octanol–water partition coefficient (Wildman–Crippen LogP) is 3.93. The minimum atomic E-state index is -0.282. The fourth-order valence-corrected chi connectivity index (χ4v) is 2.07. The molecule has 0 bridgehead atoms. The maximum Gasteiger partial charge on any atom is 0.201 e. The monoisotopic (exact) mass is 273 g/mol. The van der Waals surface area contributed by atoms with Crippen LogP contribution in [0.5, 0.6) is 0 Å². The molecule has 0 atom stereocenters. The van der Waals surface area contributed by atoms with E-state index in [0.29, 0.717) is 11.0 Å². The van der Waals surface area contributed by atoms with Crippen molar-refractivity contribution in [2.24, 2.45) is 0 Å². The van der Waals surface area contributed by atoms with Gasteiger partial charge in [-0.1, -0.05) is 0 Å². The number of H-pyrrole nitrogens is 1. The molecule has 0 spiro atoms. The molecule has 5 heteroatoms. The maximum absolute atomic E-state index is 13.0. The van der Waals surface area contributed by atoms with Crippen molar-refractivity contribution in [3.05, 3.63) is 59.9 Å². The first-order valence-corrected chi connectivity index (χ1v) is 6.03. The number of imidazole rings is 1. The number of benzene rings is 1. The van der Waals surface area contributed by atoms with Gasteiger partial charge >= 0.3 is 0 Å². The molecule has 0 fully saturated rings. The average Bonchev–Trinajstić information content (AvgIpc) is 2.83. The van der Waals surface area contributed by atoms with Crippen LogP contribution >= 0.6 is 11.6 Å². The first-order valence-electron chi connectivity index (χ1n) is 5.66. The third kappa shape index (κ3) is 2.35. The van der Waals surface area contributed by atoms with Gasteiger partial charge < -0.3 is 4.98 Å². The molecular formula is C14H9ClFN3. The zero-order valence-electron chi connectivity index (χ0n) is 9.77. The van der Waals surface area contributed by atoms with Crippen LogP contribution in [0.15, 0.2) is 48.8 Å². The zero-order valence-corrected chi connectivity index (χ0v) is 10.5. The lowest BCUT2D eigenvalue weighted by Gasteiger charge is -2.02. The van der Waals surface area contributed by atoms with Crippen molar-refractivity contribution < 1.29 is 4.39 Å². The quantitative estimate of drug-likeness (QED) is 0.768. The number of nitrogens with zero attached hydrogens (tertiary/aromatic N) is 2. The van der Waals surface area contributed by atoms with Gasteiger partial charge in [0.15, 0.2) is 0 Å². The summed E-state index contributed by atoms with van der Waals surface area (Å²) in [5, 5.41) is 0.297. The highest BCUT2D eigenvalue weighted by Gasteiger charge is 2.13. The molecule has 0 aliphatic carbocycles. The second kappa shape index (κ2) is 4.82. The van der Waals surface area contributed by atoms with Crippen molar-refractivity contribution in [3.8, 4) is 22.5 Å². The first-order chi connectivity index (χ1) is 9.24. The van der Waals surface area contributed by atoms with Crippen LogP contribution < -0.4 is 0 Å². The average molecular weight is 274 g/mol. The number of halogens is 2. The molecule has 1 aromatic carbocycles. The van der Waals surface area contributed by atoms with Crippen molar-refractivity contribution in [2.75, 3.05) is 0 Å². The van der Waals surface area contributed by atoms with E-state index in [4.69, 9.17) is 11.6 Å². The summed E-state index contributed by atoms with van der Waals surface area (Å²) in [5.74, 6) is -0.282. The third-order valence-corrected chi connectivity index (χ3v) is 2.94. The number of pyridine rings is 1. The Morgan fingerprint density at radius 3 is 2.32 bits per heavy atom.